The van der Waals surface area contributed by atoms with Crippen molar-refractivity contribution < 1.29 is 5.11 Å². The normalized spacial score (nSPS) is 24.2. The van der Waals surface area contributed by atoms with Crippen molar-refractivity contribution in [1.82, 2.24) is 4.90 Å². The van der Waals surface area contributed by atoms with E-state index in [0.717, 1.165) is 44.3 Å². The average molecular weight is 286 g/mol. The van der Waals surface area contributed by atoms with Crippen molar-refractivity contribution in [1.29, 1.82) is 0 Å². The Hall–Kier alpha value is -0.280. The first-order chi connectivity index (χ1) is 8.63. The van der Waals surface area contributed by atoms with Crippen molar-refractivity contribution in [2.75, 3.05) is 13.1 Å². The van der Waals surface area contributed by atoms with E-state index in [1.807, 2.05) is 12.1 Å². The Kier molecular flexibility index (Phi) is 3.31. The van der Waals surface area contributed by atoms with Crippen molar-refractivity contribution in [3.8, 4) is 0 Å². The zero-order valence-corrected chi connectivity index (χ0v) is 11.7. The van der Waals surface area contributed by atoms with Crippen LogP contribution in [0.5, 0.6) is 0 Å². The van der Waals surface area contributed by atoms with Gasteiger partial charge in [-0.1, -0.05) is 35.3 Å². The molecule has 1 saturated carbocycles. The number of aliphatic hydroxyl groups excluding tert-OH is 1. The Balaban J connectivity index is 1.88. The topological polar surface area (TPSA) is 23.5 Å². The number of halogens is 2. The molecule has 2 aliphatic rings. The summed E-state index contributed by atoms with van der Waals surface area (Å²) in [7, 11) is 0. The zero-order valence-electron chi connectivity index (χ0n) is 10.2. The maximum Gasteiger partial charge on any atom is 0.0643 e. The van der Waals surface area contributed by atoms with E-state index in [2.05, 4.69) is 11.0 Å². The highest BCUT2D eigenvalue weighted by Crippen LogP contribution is 2.54. The van der Waals surface area contributed by atoms with Gasteiger partial charge < -0.3 is 5.11 Å². The molecule has 0 unspecified atom stereocenters. The van der Waals surface area contributed by atoms with Crippen molar-refractivity contribution in [2.24, 2.45) is 0 Å². The van der Waals surface area contributed by atoms with E-state index in [1.165, 1.54) is 0 Å². The van der Waals surface area contributed by atoms with Gasteiger partial charge in [-0.25, -0.2) is 0 Å². The molecule has 4 heteroatoms. The molecule has 1 aliphatic heterocycles. The molecule has 1 N–H and O–H groups in total. The van der Waals surface area contributed by atoms with Gasteiger partial charge in [0.15, 0.2) is 0 Å². The van der Waals surface area contributed by atoms with Crippen molar-refractivity contribution >= 4 is 23.2 Å². The molecule has 3 rings (SSSR count). The number of likely N-dealkylation sites (tertiary alicyclic amines) is 1. The maximum absolute atomic E-state index is 9.61. The molecule has 18 heavy (non-hydrogen) atoms. The number of rotatable bonds is 2. The predicted molar refractivity (Wildman–Crippen MR) is 74.2 cm³/mol. The zero-order chi connectivity index (χ0) is 12.8. The first-order valence-corrected chi connectivity index (χ1v) is 7.27. The summed E-state index contributed by atoms with van der Waals surface area (Å²) < 4.78 is 0. The Morgan fingerprint density at radius 1 is 1.17 bits per heavy atom. The molecule has 0 spiro atoms. The first-order valence-electron chi connectivity index (χ1n) is 6.51. The largest absolute Gasteiger partial charge is 0.393 e. The van der Waals surface area contributed by atoms with Crippen LogP contribution in [0, 0.1) is 0 Å². The third-order valence-electron chi connectivity index (χ3n) is 4.25. The summed E-state index contributed by atoms with van der Waals surface area (Å²) in [6.45, 7) is 1.90. The number of hydrogen-bond acceptors (Lipinski definition) is 2. The van der Waals surface area contributed by atoms with Crippen LogP contribution in [0.4, 0.5) is 0 Å². The highest BCUT2D eigenvalue weighted by molar-refractivity contribution is 6.42. The van der Waals surface area contributed by atoms with E-state index in [1.54, 1.807) is 0 Å². The second-order valence-electron chi connectivity index (χ2n) is 5.35. The Morgan fingerprint density at radius 2 is 1.83 bits per heavy atom. The highest BCUT2D eigenvalue weighted by Gasteiger charge is 2.51. The number of nitrogens with zero attached hydrogens (tertiary/aromatic N) is 1. The molecule has 2 fully saturated rings. The molecule has 1 aromatic carbocycles. The van der Waals surface area contributed by atoms with Gasteiger partial charge in [0.05, 0.1) is 16.1 Å². The summed E-state index contributed by atoms with van der Waals surface area (Å²) in [5, 5.41) is 10.9. The van der Waals surface area contributed by atoms with Crippen LogP contribution in [-0.4, -0.2) is 29.2 Å². The fraction of sp³-hybridized carbons (Fsp3) is 0.571. The lowest BCUT2D eigenvalue weighted by atomic mass is 9.98. The summed E-state index contributed by atoms with van der Waals surface area (Å²) >= 11 is 12.5. The van der Waals surface area contributed by atoms with Crippen LogP contribution in [0.1, 0.15) is 31.2 Å². The number of aliphatic hydroxyl groups is 1. The summed E-state index contributed by atoms with van der Waals surface area (Å²) in [4.78, 5) is 2.47. The second-order valence-corrected chi connectivity index (χ2v) is 6.14. The molecule has 1 saturated heterocycles. The van der Waals surface area contributed by atoms with E-state index in [9.17, 15) is 5.11 Å². The minimum Gasteiger partial charge on any atom is -0.393 e. The lowest BCUT2D eigenvalue weighted by Gasteiger charge is -2.37. The molecule has 1 aromatic rings. The lowest BCUT2D eigenvalue weighted by molar-refractivity contribution is 0.0522. The van der Waals surface area contributed by atoms with Crippen molar-refractivity contribution in [3.63, 3.8) is 0 Å². The quantitative estimate of drug-likeness (QED) is 0.900. The molecule has 1 heterocycles. The van der Waals surface area contributed by atoms with E-state index >= 15 is 0 Å². The highest BCUT2D eigenvalue weighted by atomic mass is 35.5. The number of piperidine rings is 1. The monoisotopic (exact) mass is 285 g/mol. The van der Waals surface area contributed by atoms with Crippen LogP contribution < -0.4 is 0 Å². The van der Waals surface area contributed by atoms with Gasteiger partial charge in [0.1, 0.15) is 0 Å². The molecule has 0 radical (unpaired) electrons. The number of benzene rings is 1. The fourth-order valence-corrected chi connectivity index (χ4v) is 3.51. The van der Waals surface area contributed by atoms with Gasteiger partial charge in [-0.05, 0) is 37.3 Å². The van der Waals surface area contributed by atoms with Crippen LogP contribution in [0.2, 0.25) is 10.0 Å². The summed E-state index contributed by atoms with van der Waals surface area (Å²) in [5.74, 6) is 0. The lowest BCUT2D eigenvalue weighted by Crippen LogP contribution is -2.43. The SMILES string of the molecule is OC1CCN(C2(c3cccc(Cl)c3Cl)CC2)CC1. The minimum absolute atomic E-state index is 0.0854. The molecule has 98 valence electrons. The van der Waals surface area contributed by atoms with E-state index < -0.39 is 0 Å². The standard InChI is InChI=1S/C14H17Cl2NO/c15-12-3-1-2-11(13(12)16)14(6-7-14)17-8-4-10(18)5-9-17/h1-3,10,18H,4-9H2. The van der Waals surface area contributed by atoms with Crippen molar-refractivity contribution in [2.45, 2.75) is 37.3 Å². The molecule has 0 atom stereocenters. The molecule has 0 aromatic heterocycles. The summed E-state index contributed by atoms with van der Waals surface area (Å²) in [6, 6.07) is 5.90. The Labute approximate surface area is 117 Å². The molecular formula is C14H17Cl2NO. The van der Waals surface area contributed by atoms with E-state index in [-0.39, 0.29) is 11.6 Å². The summed E-state index contributed by atoms with van der Waals surface area (Å²) in [6.07, 6.45) is 3.87. The Bertz CT molecular complexity index is 451. The van der Waals surface area contributed by atoms with Gasteiger partial charge in [-0.3, -0.25) is 4.90 Å². The van der Waals surface area contributed by atoms with Gasteiger partial charge >= 0.3 is 0 Å². The maximum atomic E-state index is 9.61. The Morgan fingerprint density at radius 3 is 2.44 bits per heavy atom. The predicted octanol–water partition coefficient (Wildman–Crippen LogP) is 3.44. The second kappa shape index (κ2) is 4.68. The average Bonchev–Trinajstić information content (AvgIpc) is 3.15. The number of hydrogen-bond donors (Lipinski definition) is 1. The minimum atomic E-state index is -0.133. The summed E-state index contributed by atoms with van der Waals surface area (Å²) in [5.41, 5.74) is 1.25. The molecule has 0 amide bonds. The van der Waals surface area contributed by atoms with E-state index in [0.29, 0.717) is 10.0 Å². The molecule has 1 aliphatic carbocycles. The molecule has 0 bridgehead atoms. The van der Waals surface area contributed by atoms with Crippen LogP contribution in [0.25, 0.3) is 0 Å². The van der Waals surface area contributed by atoms with Crippen LogP contribution >= 0.6 is 23.2 Å². The van der Waals surface area contributed by atoms with Gasteiger partial charge in [0.25, 0.3) is 0 Å². The van der Waals surface area contributed by atoms with Gasteiger partial charge in [-0.15, -0.1) is 0 Å². The van der Waals surface area contributed by atoms with Crippen LogP contribution in [0.3, 0.4) is 0 Å². The first kappa shape index (κ1) is 12.7. The van der Waals surface area contributed by atoms with E-state index in [4.69, 9.17) is 23.2 Å². The van der Waals surface area contributed by atoms with Crippen molar-refractivity contribution in [3.05, 3.63) is 33.8 Å². The van der Waals surface area contributed by atoms with Gasteiger partial charge in [-0.2, -0.15) is 0 Å². The van der Waals surface area contributed by atoms with Crippen LogP contribution in [-0.2, 0) is 5.54 Å². The van der Waals surface area contributed by atoms with Gasteiger partial charge in [0, 0.05) is 18.6 Å². The fourth-order valence-electron chi connectivity index (χ4n) is 3.03. The molecule has 2 nitrogen and oxygen atoms in total. The van der Waals surface area contributed by atoms with Gasteiger partial charge in [0.2, 0.25) is 0 Å². The molecular weight excluding hydrogens is 269 g/mol. The smallest absolute Gasteiger partial charge is 0.0643 e. The third-order valence-corrected chi connectivity index (χ3v) is 5.07. The third kappa shape index (κ3) is 2.05. The van der Waals surface area contributed by atoms with Crippen LogP contribution in [0.15, 0.2) is 18.2 Å².